The maximum atomic E-state index is 13.6. The summed E-state index contributed by atoms with van der Waals surface area (Å²) in [5.74, 6) is -1.40. The summed E-state index contributed by atoms with van der Waals surface area (Å²) in [6.45, 7) is 6.77. The summed E-state index contributed by atoms with van der Waals surface area (Å²) in [6.07, 6.45) is -0.140. The van der Waals surface area contributed by atoms with Crippen molar-refractivity contribution in [1.82, 2.24) is 10.6 Å². The van der Waals surface area contributed by atoms with Gasteiger partial charge in [0.05, 0.1) is 18.2 Å². The van der Waals surface area contributed by atoms with Crippen molar-refractivity contribution in [2.75, 3.05) is 24.5 Å². The zero-order valence-corrected chi connectivity index (χ0v) is 19.8. The Morgan fingerprint density at radius 2 is 1.94 bits per heavy atom. The summed E-state index contributed by atoms with van der Waals surface area (Å²) in [5, 5.41) is 26.2. The molecule has 3 unspecified atom stereocenters. The first-order chi connectivity index (χ1) is 16.2. The molecule has 3 rings (SSSR count). The Labute approximate surface area is 199 Å². The van der Waals surface area contributed by atoms with E-state index in [2.05, 4.69) is 42.7 Å². The fourth-order valence-corrected chi connectivity index (χ4v) is 4.45. The second kappa shape index (κ2) is 11.4. The Morgan fingerprint density at radius 3 is 2.56 bits per heavy atom. The minimum atomic E-state index is -0.982. The molecule has 0 fully saturated rings. The van der Waals surface area contributed by atoms with E-state index < -0.39 is 23.8 Å². The van der Waals surface area contributed by atoms with Crippen LogP contribution in [0.15, 0.2) is 36.4 Å². The molecular weight excluding hydrogens is 438 g/mol. The number of anilines is 1. The number of benzene rings is 2. The molecule has 6 nitrogen and oxygen atoms in total. The van der Waals surface area contributed by atoms with Gasteiger partial charge in [-0.1, -0.05) is 26.0 Å². The van der Waals surface area contributed by atoms with Crippen LogP contribution in [0.3, 0.4) is 0 Å². The van der Waals surface area contributed by atoms with Gasteiger partial charge in [0.25, 0.3) is 0 Å². The van der Waals surface area contributed by atoms with Gasteiger partial charge in [0, 0.05) is 37.8 Å². The fourth-order valence-electron chi connectivity index (χ4n) is 4.45. The molecule has 182 valence electrons. The van der Waals surface area contributed by atoms with Crippen LogP contribution in [0.4, 0.5) is 14.5 Å². The van der Waals surface area contributed by atoms with Crippen LogP contribution in [0.1, 0.15) is 55.8 Å². The predicted octanol–water partition coefficient (Wildman–Crippen LogP) is 3.56. The molecule has 8 heteroatoms. The molecule has 2 aromatic rings. The fraction of sp³-hybridized carbons (Fsp3) is 0.462. The standard InChI is InChI=1S/C26H32F2N4O2/c1-16(2)19-4-5-25-22(13-19)23(6-8-32(25)9-7-29)30-15-26(34)24(31-17(3)33)12-18-10-20(27)14-21(28)11-18/h4-5,10-11,13-14,16,23-24,26,30,34H,6,8-9,12,15H2,1-3H3,(H,31,33). The molecule has 1 amide bonds. The van der Waals surface area contributed by atoms with E-state index in [0.29, 0.717) is 24.6 Å². The van der Waals surface area contributed by atoms with Crippen molar-refractivity contribution < 1.29 is 18.7 Å². The summed E-state index contributed by atoms with van der Waals surface area (Å²) < 4.78 is 27.2. The molecule has 2 aromatic carbocycles. The van der Waals surface area contributed by atoms with Crippen molar-refractivity contribution in [3.63, 3.8) is 0 Å². The molecule has 3 N–H and O–H groups in total. The Balaban J connectivity index is 1.76. The van der Waals surface area contributed by atoms with Gasteiger partial charge in [-0.2, -0.15) is 5.26 Å². The molecule has 1 aliphatic rings. The second-order valence-electron chi connectivity index (χ2n) is 9.16. The monoisotopic (exact) mass is 470 g/mol. The van der Waals surface area contributed by atoms with Crippen LogP contribution in [0, 0.1) is 23.0 Å². The molecular formula is C26H32F2N4O2. The third-order valence-corrected chi connectivity index (χ3v) is 6.19. The van der Waals surface area contributed by atoms with Crippen molar-refractivity contribution in [2.24, 2.45) is 0 Å². The number of hydrogen-bond acceptors (Lipinski definition) is 5. The van der Waals surface area contributed by atoms with E-state index in [-0.39, 0.29) is 24.9 Å². The van der Waals surface area contributed by atoms with Gasteiger partial charge in [-0.15, -0.1) is 0 Å². The Morgan fingerprint density at radius 1 is 1.24 bits per heavy atom. The third-order valence-electron chi connectivity index (χ3n) is 6.19. The molecule has 0 saturated carbocycles. The molecule has 3 atom stereocenters. The molecule has 0 radical (unpaired) electrons. The summed E-state index contributed by atoms with van der Waals surface area (Å²) in [7, 11) is 0. The molecule has 0 spiro atoms. The zero-order valence-electron chi connectivity index (χ0n) is 19.8. The quantitative estimate of drug-likeness (QED) is 0.488. The number of hydrogen-bond donors (Lipinski definition) is 3. The van der Waals surface area contributed by atoms with E-state index in [4.69, 9.17) is 0 Å². The van der Waals surface area contributed by atoms with Gasteiger partial charge < -0.3 is 20.6 Å². The highest BCUT2D eigenvalue weighted by Gasteiger charge is 2.28. The van der Waals surface area contributed by atoms with Gasteiger partial charge in [0.15, 0.2) is 0 Å². The lowest BCUT2D eigenvalue weighted by atomic mass is 9.91. The minimum Gasteiger partial charge on any atom is -0.390 e. The van der Waals surface area contributed by atoms with E-state index in [9.17, 15) is 23.9 Å². The number of nitriles is 1. The summed E-state index contributed by atoms with van der Waals surface area (Å²) in [5.41, 5.74) is 3.61. The maximum absolute atomic E-state index is 13.6. The first-order valence-electron chi connectivity index (χ1n) is 11.6. The Bertz CT molecular complexity index is 1030. The van der Waals surface area contributed by atoms with Crippen molar-refractivity contribution in [1.29, 1.82) is 5.26 Å². The minimum absolute atomic E-state index is 0.0390. The van der Waals surface area contributed by atoms with Gasteiger partial charge in [-0.25, -0.2) is 8.78 Å². The lowest BCUT2D eigenvalue weighted by Gasteiger charge is -2.36. The van der Waals surface area contributed by atoms with E-state index in [1.165, 1.54) is 24.6 Å². The van der Waals surface area contributed by atoms with Crippen LogP contribution >= 0.6 is 0 Å². The van der Waals surface area contributed by atoms with Crippen LogP contribution in [0.5, 0.6) is 0 Å². The average molecular weight is 471 g/mol. The van der Waals surface area contributed by atoms with Crippen LogP contribution < -0.4 is 15.5 Å². The van der Waals surface area contributed by atoms with Crippen LogP contribution in [-0.4, -0.2) is 42.8 Å². The van der Waals surface area contributed by atoms with Gasteiger partial charge in [0.2, 0.25) is 5.91 Å². The van der Waals surface area contributed by atoms with E-state index in [1.807, 2.05) is 11.0 Å². The van der Waals surface area contributed by atoms with Gasteiger partial charge in [-0.3, -0.25) is 4.79 Å². The highest BCUT2D eigenvalue weighted by Crippen LogP contribution is 2.35. The highest BCUT2D eigenvalue weighted by atomic mass is 19.1. The molecule has 1 aliphatic heterocycles. The first-order valence-corrected chi connectivity index (χ1v) is 11.6. The summed E-state index contributed by atoms with van der Waals surface area (Å²) in [6, 6.07) is 10.9. The van der Waals surface area contributed by atoms with E-state index in [0.717, 1.165) is 23.7 Å². The van der Waals surface area contributed by atoms with Gasteiger partial charge in [-0.05, 0) is 53.6 Å². The lowest BCUT2D eigenvalue weighted by Crippen LogP contribution is -2.49. The molecule has 0 aromatic heterocycles. The van der Waals surface area contributed by atoms with Crippen LogP contribution in [-0.2, 0) is 11.2 Å². The zero-order chi connectivity index (χ0) is 24.8. The predicted molar refractivity (Wildman–Crippen MR) is 127 cm³/mol. The summed E-state index contributed by atoms with van der Waals surface area (Å²) in [4.78, 5) is 13.8. The normalized spacial score (nSPS) is 17.1. The number of amides is 1. The van der Waals surface area contributed by atoms with Crippen molar-refractivity contribution in [3.05, 3.63) is 64.7 Å². The molecule has 1 heterocycles. The molecule has 0 saturated heterocycles. The third kappa shape index (κ3) is 6.52. The molecule has 0 bridgehead atoms. The van der Waals surface area contributed by atoms with Crippen molar-refractivity contribution in [2.45, 2.75) is 57.7 Å². The number of rotatable bonds is 9. The molecule has 34 heavy (non-hydrogen) atoms. The van der Waals surface area contributed by atoms with Crippen molar-refractivity contribution in [3.8, 4) is 6.07 Å². The second-order valence-corrected chi connectivity index (χ2v) is 9.16. The SMILES string of the molecule is CC(=O)NC(Cc1cc(F)cc(F)c1)C(O)CNC1CCN(CC#N)c2ccc(C(C)C)cc21. The number of carbonyl (C=O) groups excluding carboxylic acids is 1. The van der Waals surface area contributed by atoms with Crippen LogP contribution in [0.25, 0.3) is 0 Å². The van der Waals surface area contributed by atoms with Crippen molar-refractivity contribution >= 4 is 11.6 Å². The number of aliphatic hydroxyl groups excluding tert-OH is 1. The van der Waals surface area contributed by atoms with Gasteiger partial charge in [0.1, 0.15) is 18.2 Å². The van der Waals surface area contributed by atoms with Crippen LogP contribution in [0.2, 0.25) is 0 Å². The average Bonchev–Trinajstić information content (AvgIpc) is 2.76. The largest absolute Gasteiger partial charge is 0.390 e. The van der Waals surface area contributed by atoms with E-state index >= 15 is 0 Å². The molecule has 0 aliphatic carbocycles. The first kappa shape index (κ1) is 25.6. The lowest BCUT2D eigenvalue weighted by molar-refractivity contribution is -0.120. The number of fused-ring (bicyclic) bond motifs is 1. The number of aliphatic hydroxyl groups is 1. The van der Waals surface area contributed by atoms with E-state index in [1.54, 1.807) is 0 Å². The topological polar surface area (TPSA) is 88.4 Å². The highest BCUT2D eigenvalue weighted by molar-refractivity contribution is 5.73. The maximum Gasteiger partial charge on any atom is 0.217 e. The smallest absolute Gasteiger partial charge is 0.217 e. The summed E-state index contributed by atoms with van der Waals surface area (Å²) >= 11 is 0. The number of halogens is 2. The van der Waals surface area contributed by atoms with Gasteiger partial charge >= 0.3 is 0 Å². The number of nitrogens with zero attached hydrogens (tertiary/aromatic N) is 2. The Hall–Kier alpha value is -3.02. The number of nitrogens with one attached hydrogen (secondary N) is 2. The Kier molecular flexibility index (Phi) is 8.59. The number of carbonyl (C=O) groups is 1.